The Morgan fingerprint density at radius 2 is 2.14 bits per heavy atom. The molecule has 1 heterocycles. The molecule has 1 fully saturated rings. The van der Waals surface area contributed by atoms with Gasteiger partial charge in [0.1, 0.15) is 0 Å². The summed E-state index contributed by atoms with van der Waals surface area (Å²) in [5.74, 6) is -0.850. The van der Waals surface area contributed by atoms with E-state index in [2.05, 4.69) is 0 Å². The summed E-state index contributed by atoms with van der Waals surface area (Å²) >= 11 is 0. The number of methoxy groups -OCH3 is 2. The Balaban J connectivity index is 2.55. The van der Waals surface area contributed by atoms with E-state index in [4.69, 9.17) is 9.47 Å². The van der Waals surface area contributed by atoms with Gasteiger partial charge in [0.15, 0.2) is 5.79 Å². The van der Waals surface area contributed by atoms with Gasteiger partial charge in [-0.25, -0.2) is 0 Å². The van der Waals surface area contributed by atoms with Crippen molar-refractivity contribution in [3.63, 3.8) is 0 Å². The lowest BCUT2D eigenvalue weighted by Crippen LogP contribution is -2.44. The van der Waals surface area contributed by atoms with Crippen LogP contribution in [0.2, 0.25) is 0 Å². The Morgan fingerprint density at radius 1 is 1.57 bits per heavy atom. The summed E-state index contributed by atoms with van der Waals surface area (Å²) in [6, 6.07) is 0. The van der Waals surface area contributed by atoms with Gasteiger partial charge in [0.05, 0.1) is 19.1 Å². The van der Waals surface area contributed by atoms with Gasteiger partial charge in [0.25, 0.3) is 0 Å². The topological polar surface area (TPSA) is 59.0 Å². The van der Waals surface area contributed by atoms with Crippen molar-refractivity contribution in [2.75, 3.05) is 27.3 Å². The molecule has 0 radical (unpaired) electrons. The first-order valence-corrected chi connectivity index (χ1v) is 4.57. The van der Waals surface area contributed by atoms with Crippen molar-refractivity contribution in [3.05, 3.63) is 0 Å². The fraction of sp³-hybridized carbons (Fsp3) is 0.889. The van der Waals surface area contributed by atoms with Crippen LogP contribution in [0.5, 0.6) is 0 Å². The van der Waals surface area contributed by atoms with E-state index in [0.717, 1.165) is 0 Å². The Labute approximate surface area is 83.6 Å². The summed E-state index contributed by atoms with van der Waals surface area (Å²) in [7, 11) is 3.06. The summed E-state index contributed by atoms with van der Waals surface area (Å²) in [6.07, 6.45) is -0.357. The van der Waals surface area contributed by atoms with Crippen molar-refractivity contribution in [1.82, 2.24) is 4.90 Å². The van der Waals surface area contributed by atoms with Crippen LogP contribution in [-0.2, 0) is 14.3 Å². The standard InChI is InChI=1S/C9H17NO4/c1-9(13-2,14-3)6-10-5-7(11)4-8(10)12/h7,11H,4-6H2,1-3H3. The largest absolute Gasteiger partial charge is 0.391 e. The number of aliphatic hydroxyl groups excluding tert-OH is 1. The third-order valence-corrected chi connectivity index (χ3v) is 2.54. The summed E-state index contributed by atoms with van der Waals surface area (Å²) in [4.78, 5) is 12.9. The van der Waals surface area contributed by atoms with Crippen LogP contribution >= 0.6 is 0 Å². The maximum absolute atomic E-state index is 11.3. The van der Waals surface area contributed by atoms with Crippen LogP contribution in [-0.4, -0.2) is 55.1 Å². The van der Waals surface area contributed by atoms with Gasteiger partial charge in [-0.1, -0.05) is 0 Å². The number of carbonyl (C=O) groups excluding carboxylic acids is 1. The number of hydrogen-bond donors (Lipinski definition) is 1. The summed E-state index contributed by atoms with van der Waals surface area (Å²) in [6.45, 7) is 2.46. The number of carbonyl (C=O) groups is 1. The number of likely N-dealkylation sites (tertiary alicyclic amines) is 1. The molecule has 1 N–H and O–H groups in total. The van der Waals surface area contributed by atoms with Crippen molar-refractivity contribution in [3.8, 4) is 0 Å². The fourth-order valence-electron chi connectivity index (χ4n) is 1.46. The molecule has 1 amide bonds. The molecule has 5 heteroatoms. The number of hydrogen-bond acceptors (Lipinski definition) is 4. The van der Waals surface area contributed by atoms with Gasteiger partial charge in [-0.2, -0.15) is 0 Å². The number of ether oxygens (including phenoxy) is 2. The quantitative estimate of drug-likeness (QED) is 0.631. The molecule has 1 rings (SSSR count). The van der Waals surface area contributed by atoms with Gasteiger partial charge in [-0.05, 0) is 6.92 Å². The zero-order valence-electron chi connectivity index (χ0n) is 8.82. The van der Waals surface area contributed by atoms with Crippen LogP contribution < -0.4 is 0 Å². The first-order valence-electron chi connectivity index (χ1n) is 4.57. The summed E-state index contributed by atoms with van der Waals surface area (Å²) in [5.41, 5.74) is 0. The van der Waals surface area contributed by atoms with Crippen molar-refractivity contribution in [2.24, 2.45) is 0 Å². The zero-order chi connectivity index (χ0) is 10.8. The van der Waals surface area contributed by atoms with E-state index in [1.165, 1.54) is 14.2 Å². The molecule has 1 saturated heterocycles. The Hall–Kier alpha value is -0.650. The van der Waals surface area contributed by atoms with Crippen LogP contribution in [0.3, 0.4) is 0 Å². The number of rotatable bonds is 4. The third-order valence-electron chi connectivity index (χ3n) is 2.54. The molecular weight excluding hydrogens is 186 g/mol. The van der Waals surface area contributed by atoms with E-state index in [9.17, 15) is 9.90 Å². The highest BCUT2D eigenvalue weighted by Gasteiger charge is 2.34. The molecule has 0 aromatic rings. The van der Waals surface area contributed by atoms with Gasteiger partial charge < -0.3 is 19.5 Å². The van der Waals surface area contributed by atoms with Crippen molar-refractivity contribution < 1.29 is 19.4 Å². The molecule has 1 aliphatic rings. The van der Waals surface area contributed by atoms with Crippen molar-refractivity contribution in [2.45, 2.75) is 25.2 Å². The molecule has 1 unspecified atom stereocenters. The molecular formula is C9H17NO4. The predicted molar refractivity (Wildman–Crippen MR) is 49.6 cm³/mol. The minimum absolute atomic E-state index is 0.0576. The maximum atomic E-state index is 11.3. The second kappa shape index (κ2) is 4.25. The number of nitrogens with zero attached hydrogens (tertiary/aromatic N) is 1. The normalized spacial score (nSPS) is 23.3. The van der Waals surface area contributed by atoms with Crippen LogP contribution in [0.1, 0.15) is 13.3 Å². The minimum atomic E-state index is -0.792. The van der Waals surface area contributed by atoms with Crippen LogP contribution in [0.4, 0.5) is 0 Å². The first-order chi connectivity index (χ1) is 6.50. The molecule has 5 nitrogen and oxygen atoms in total. The highest BCUT2D eigenvalue weighted by atomic mass is 16.7. The number of β-amino-alcohol motifs (C(OH)–C–C–N with tert-alkyl or cyclic N) is 1. The second-order valence-corrected chi connectivity index (χ2v) is 3.67. The monoisotopic (exact) mass is 203 g/mol. The molecule has 1 aliphatic heterocycles. The second-order valence-electron chi connectivity index (χ2n) is 3.67. The molecule has 0 aromatic carbocycles. The minimum Gasteiger partial charge on any atom is -0.391 e. The van der Waals surface area contributed by atoms with Gasteiger partial charge in [-0.3, -0.25) is 4.79 Å². The van der Waals surface area contributed by atoms with E-state index < -0.39 is 11.9 Å². The highest BCUT2D eigenvalue weighted by Crippen LogP contribution is 2.17. The van der Waals surface area contributed by atoms with Crippen molar-refractivity contribution in [1.29, 1.82) is 0 Å². The Morgan fingerprint density at radius 3 is 2.50 bits per heavy atom. The van der Waals surface area contributed by atoms with E-state index >= 15 is 0 Å². The van der Waals surface area contributed by atoms with E-state index in [1.54, 1.807) is 11.8 Å². The lowest BCUT2D eigenvalue weighted by Gasteiger charge is -2.30. The van der Waals surface area contributed by atoms with E-state index in [1.807, 2.05) is 0 Å². The van der Waals surface area contributed by atoms with Crippen LogP contribution in [0, 0.1) is 0 Å². The molecule has 0 aliphatic carbocycles. The Kier molecular flexibility index (Phi) is 3.47. The molecule has 82 valence electrons. The van der Waals surface area contributed by atoms with Crippen LogP contribution in [0.25, 0.3) is 0 Å². The van der Waals surface area contributed by atoms with E-state index in [-0.39, 0.29) is 12.3 Å². The lowest BCUT2D eigenvalue weighted by molar-refractivity contribution is -0.203. The van der Waals surface area contributed by atoms with Gasteiger partial charge in [0, 0.05) is 20.8 Å². The molecule has 0 aromatic heterocycles. The number of amides is 1. The molecule has 0 spiro atoms. The summed E-state index contributed by atoms with van der Waals surface area (Å²) < 4.78 is 10.3. The van der Waals surface area contributed by atoms with Crippen molar-refractivity contribution >= 4 is 5.91 Å². The van der Waals surface area contributed by atoms with Gasteiger partial charge in [-0.15, -0.1) is 0 Å². The van der Waals surface area contributed by atoms with E-state index in [0.29, 0.717) is 13.1 Å². The first kappa shape index (κ1) is 11.4. The lowest BCUT2D eigenvalue weighted by atomic mass is 10.3. The molecule has 0 bridgehead atoms. The number of aliphatic hydroxyl groups is 1. The molecule has 0 saturated carbocycles. The summed E-state index contributed by atoms with van der Waals surface area (Å²) in [5, 5.41) is 9.27. The molecule has 14 heavy (non-hydrogen) atoms. The maximum Gasteiger partial charge on any atom is 0.225 e. The average Bonchev–Trinajstić information content (AvgIpc) is 2.45. The fourth-order valence-corrected chi connectivity index (χ4v) is 1.46. The van der Waals surface area contributed by atoms with Gasteiger partial charge >= 0.3 is 0 Å². The zero-order valence-corrected chi connectivity index (χ0v) is 8.82. The average molecular weight is 203 g/mol. The smallest absolute Gasteiger partial charge is 0.225 e. The Bertz CT molecular complexity index is 215. The SMILES string of the molecule is COC(C)(CN1CC(O)CC1=O)OC. The molecule has 1 atom stereocenters. The van der Waals surface area contributed by atoms with Gasteiger partial charge in [0.2, 0.25) is 5.91 Å². The third kappa shape index (κ3) is 2.43. The predicted octanol–water partition coefficient (Wildman–Crippen LogP) is -0.411. The highest BCUT2D eigenvalue weighted by molar-refractivity contribution is 5.79. The van der Waals surface area contributed by atoms with Crippen LogP contribution in [0.15, 0.2) is 0 Å².